The molecule has 0 saturated heterocycles. The molecule has 0 amide bonds. The van der Waals surface area contributed by atoms with Crippen LogP contribution < -0.4 is 5.73 Å². The Labute approximate surface area is 76.7 Å². The molecule has 0 fully saturated rings. The van der Waals surface area contributed by atoms with Crippen LogP contribution in [0.25, 0.3) is 0 Å². The van der Waals surface area contributed by atoms with E-state index in [2.05, 4.69) is 0 Å². The predicted molar refractivity (Wildman–Crippen MR) is 48.9 cm³/mol. The fourth-order valence-electron chi connectivity index (χ4n) is 0.680. The molecule has 1 aromatic carbocycles. The van der Waals surface area contributed by atoms with Gasteiger partial charge in [0.05, 0.1) is 3.57 Å². The van der Waals surface area contributed by atoms with Crippen LogP contribution in [0, 0.1) is 9.39 Å². The number of aldehydes is 1. The van der Waals surface area contributed by atoms with Crippen molar-refractivity contribution < 1.29 is 9.18 Å². The number of benzene rings is 1. The van der Waals surface area contributed by atoms with E-state index in [4.69, 9.17) is 5.73 Å². The van der Waals surface area contributed by atoms with Gasteiger partial charge in [-0.05, 0) is 34.7 Å². The second kappa shape index (κ2) is 3.17. The van der Waals surface area contributed by atoms with Gasteiger partial charge in [0.15, 0.2) is 6.29 Å². The lowest BCUT2D eigenvalue weighted by atomic mass is 10.2. The molecule has 0 heterocycles. The molecule has 0 aliphatic carbocycles. The summed E-state index contributed by atoms with van der Waals surface area (Å²) in [6, 6.07) is 2.56. The Morgan fingerprint density at radius 3 is 2.73 bits per heavy atom. The minimum absolute atomic E-state index is 0.197. The van der Waals surface area contributed by atoms with Crippen LogP contribution in [-0.2, 0) is 0 Å². The Hall–Kier alpha value is -0.650. The van der Waals surface area contributed by atoms with E-state index >= 15 is 0 Å². The molecule has 0 aliphatic heterocycles. The summed E-state index contributed by atoms with van der Waals surface area (Å²) in [5, 5.41) is 0. The fourth-order valence-corrected chi connectivity index (χ4v) is 1.17. The van der Waals surface area contributed by atoms with Crippen molar-refractivity contribution in [3.63, 3.8) is 0 Å². The molecule has 4 heteroatoms. The number of nitrogen functional groups attached to an aromatic ring is 1. The first-order valence-electron chi connectivity index (χ1n) is 2.85. The zero-order valence-corrected chi connectivity index (χ0v) is 7.63. The van der Waals surface area contributed by atoms with Crippen molar-refractivity contribution >= 4 is 34.6 Å². The summed E-state index contributed by atoms with van der Waals surface area (Å²) >= 11 is 1.81. The van der Waals surface area contributed by atoms with Gasteiger partial charge in [-0.1, -0.05) is 0 Å². The average Bonchev–Trinajstić information content (AvgIpc) is 1.97. The van der Waals surface area contributed by atoms with Gasteiger partial charge in [0.25, 0.3) is 0 Å². The lowest BCUT2D eigenvalue weighted by molar-refractivity contribution is 0.112. The minimum Gasteiger partial charge on any atom is -0.398 e. The molecule has 2 N–H and O–H groups in total. The summed E-state index contributed by atoms with van der Waals surface area (Å²) in [5.74, 6) is -0.415. The van der Waals surface area contributed by atoms with Crippen molar-refractivity contribution in [2.75, 3.05) is 5.73 Å². The molecule has 0 saturated carbocycles. The third-order valence-electron chi connectivity index (χ3n) is 1.25. The zero-order valence-electron chi connectivity index (χ0n) is 5.47. The number of carbonyl (C=O) groups excluding carboxylic acids is 1. The van der Waals surface area contributed by atoms with Crippen LogP contribution in [0.1, 0.15) is 10.4 Å². The summed E-state index contributed by atoms with van der Waals surface area (Å²) < 4.78 is 13.1. The van der Waals surface area contributed by atoms with E-state index in [1.54, 1.807) is 0 Å². The van der Waals surface area contributed by atoms with Crippen LogP contribution in [0.3, 0.4) is 0 Å². The van der Waals surface area contributed by atoms with Crippen LogP contribution >= 0.6 is 22.6 Å². The molecule has 11 heavy (non-hydrogen) atoms. The Kier molecular flexibility index (Phi) is 2.43. The predicted octanol–water partition coefficient (Wildman–Crippen LogP) is 1.82. The van der Waals surface area contributed by atoms with Crippen molar-refractivity contribution in [2.45, 2.75) is 0 Å². The largest absolute Gasteiger partial charge is 0.398 e. The van der Waals surface area contributed by atoms with Crippen molar-refractivity contribution in [1.29, 1.82) is 0 Å². The molecule has 0 unspecified atom stereocenters. The van der Waals surface area contributed by atoms with Crippen molar-refractivity contribution in [2.24, 2.45) is 0 Å². The Morgan fingerprint density at radius 2 is 2.18 bits per heavy atom. The summed E-state index contributed by atoms with van der Waals surface area (Å²) in [6.45, 7) is 0. The first-order valence-corrected chi connectivity index (χ1v) is 3.92. The van der Waals surface area contributed by atoms with Crippen LogP contribution in [0.5, 0.6) is 0 Å². The second-order valence-corrected chi connectivity index (χ2v) is 3.18. The molecule has 0 atom stereocenters. The van der Waals surface area contributed by atoms with Gasteiger partial charge >= 0.3 is 0 Å². The van der Waals surface area contributed by atoms with E-state index in [9.17, 15) is 9.18 Å². The van der Waals surface area contributed by atoms with Gasteiger partial charge in [-0.15, -0.1) is 0 Å². The van der Waals surface area contributed by atoms with Crippen molar-refractivity contribution in [3.05, 3.63) is 27.1 Å². The molecular weight excluding hydrogens is 260 g/mol. The highest BCUT2D eigenvalue weighted by molar-refractivity contribution is 14.1. The summed E-state index contributed by atoms with van der Waals surface area (Å²) in [7, 11) is 0. The number of hydrogen-bond acceptors (Lipinski definition) is 2. The lowest BCUT2D eigenvalue weighted by Gasteiger charge is -1.99. The third-order valence-corrected chi connectivity index (χ3v) is 2.08. The standard InChI is InChI=1S/C7H5FINO/c8-5-1-4(3-11)7(10)2-6(5)9/h1-3H,10H2. The zero-order chi connectivity index (χ0) is 8.43. The number of rotatable bonds is 1. The maximum Gasteiger partial charge on any atom is 0.152 e. The van der Waals surface area contributed by atoms with E-state index in [0.717, 1.165) is 6.07 Å². The summed E-state index contributed by atoms with van der Waals surface area (Å²) in [6.07, 6.45) is 0.536. The Balaban J connectivity index is 3.31. The third kappa shape index (κ3) is 1.68. The van der Waals surface area contributed by atoms with E-state index in [1.165, 1.54) is 6.07 Å². The van der Waals surface area contributed by atoms with Gasteiger partial charge < -0.3 is 5.73 Å². The average molecular weight is 265 g/mol. The first kappa shape index (κ1) is 8.45. The topological polar surface area (TPSA) is 43.1 Å². The normalized spacial score (nSPS) is 9.64. The quantitative estimate of drug-likeness (QED) is 0.478. The number of nitrogens with two attached hydrogens (primary N) is 1. The molecule has 0 aliphatic rings. The van der Waals surface area contributed by atoms with Gasteiger partial charge in [-0.2, -0.15) is 0 Å². The van der Waals surface area contributed by atoms with Gasteiger partial charge in [0.1, 0.15) is 5.82 Å². The van der Waals surface area contributed by atoms with Crippen LogP contribution in [-0.4, -0.2) is 6.29 Å². The Bertz CT molecular complexity index is 301. The first-order chi connectivity index (χ1) is 5.15. The molecule has 0 bridgehead atoms. The van der Waals surface area contributed by atoms with Gasteiger partial charge in [-0.25, -0.2) is 4.39 Å². The maximum atomic E-state index is 12.7. The summed E-state index contributed by atoms with van der Waals surface area (Å²) in [4.78, 5) is 10.2. The van der Waals surface area contributed by atoms with Crippen LogP contribution in [0.15, 0.2) is 12.1 Å². The fraction of sp³-hybridized carbons (Fsp3) is 0. The Morgan fingerprint density at radius 1 is 1.55 bits per heavy atom. The second-order valence-electron chi connectivity index (χ2n) is 2.01. The van der Waals surface area contributed by atoms with Gasteiger partial charge in [0, 0.05) is 11.3 Å². The highest BCUT2D eigenvalue weighted by atomic mass is 127. The molecule has 58 valence electrons. The van der Waals surface area contributed by atoms with E-state index in [0.29, 0.717) is 15.5 Å². The number of halogens is 2. The molecule has 1 rings (SSSR count). The van der Waals surface area contributed by atoms with Crippen molar-refractivity contribution in [3.8, 4) is 0 Å². The monoisotopic (exact) mass is 265 g/mol. The van der Waals surface area contributed by atoms with Crippen LogP contribution in [0.2, 0.25) is 0 Å². The van der Waals surface area contributed by atoms with Gasteiger partial charge in [-0.3, -0.25) is 4.79 Å². The molecule has 0 spiro atoms. The molecular formula is C7H5FINO. The van der Waals surface area contributed by atoms with Crippen molar-refractivity contribution in [1.82, 2.24) is 0 Å². The smallest absolute Gasteiger partial charge is 0.152 e. The maximum absolute atomic E-state index is 12.7. The molecule has 0 radical (unpaired) electrons. The minimum atomic E-state index is -0.415. The van der Waals surface area contributed by atoms with Gasteiger partial charge in [0.2, 0.25) is 0 Å². The lowest BCUT2D eigenvalue weighted by Crippen LogP contribution is -1.95. The molecule has 1 aromatic rings. The number of carbonyl (C=O) groups is 1. The molecule has 0 aromatic heterocycles. The molecule has 2 nitrogen and oxygen atoms in total. The SMILES string of the molecule is Nc1cc(I)c(F)cc1C=O. The summed E-state index contributed by atoms with van der Waals surface area (Å²) in [5.41, 5.74) is 5.91. The van der Waals surface area contributed by atoms with E-state index < -0.39 is 5.82 Å². The van der Waals surface area contributed by atoms with E-state index in [-0.39, 0.29) is 5.56 Å². The number of hydrogen-bond donors (Lipinski definition) is 1. The van der Waals surface area contributed by atoms with Crippen LogP contribution in [0.4, 0.5) is 10.1 Å². The highest BCUT2D eigenvalue weighted by Gasteiger charge is 2.03. The number of anilines is 1. The highest BCUT2D eigenvalue weighted by Crippen LogP contribution is 2.17. The van der Waals surface area contributed by atoms with E-state index in [1.807, 2.05) is 22.6 Å².